The van der Waals surface area contributed by atoms with Crippen LogP contribution in [0.4, 0.5) is 5.69 Å². The molecule has 0 saturated heterocycles. The molecule has 1 aromatic carbocycles. The number of benzene rings is 1. The normalized spacial score (nSPS) is 12.4. The molecule has 0 saturated carbocycles. The first-order valence-corrected chi connectivity index (χ1v) is 7.26. The first kappa shape index (κ1) is 14.7. The maximum absolute atomic E-state index is 12.0. The van der Waals surface area contributed by atoms with E-state index in [1.165, 1.54) is 0 Å². The molecule has 0 spiro atoms. The van der Waals surface area contributed by atoms with Crippen LogP contribution in [0.3, 0.4) is 0 Å². The molecule has 0 aliphatic rings. The fourth-order valence-electron chi connectivity index (χ4n) is 1.56. The van der Waals surface area contributed by atoms with Crippen molar-refractivity contribution in [3.63, 3.8) is 0 Å². The molecule has 3 N–H and O–H groups in total. The quantitative estimate of drug-likeness (QED) is 0.797. The highest BCUT2D eigenvalue weighted by molar-refractivity contribution is 7.85. The van der Waals surface area contributed by atoms with Crippen molar-refractivity contribution >= 4 is 22.4 Å². The van der Waals surface area contributed by atoms with E-state index in [0.29, 0.717) is 16.3 Å². The number of nitrogens with two attached hydrogens (primary N) is 1. The first-order chi connectivity index (χ1) is 8.40. The van der Waals surface area contributed by atoms with Crippen molar-refractivity contribution in [2.45, 2.75) is 38.1 Å². The van der Waals surface area contributed by atoms with Gasteiger partial charge in [0.25, 0.3) is 0 Å². The maximum Gasteiger partial charge on any atom is 0.221 e. The van der Waals surface area contributed by atoms with Crippen LogP contribution in [-0.2, 0) is 15.6 Å². The Balaban J connectivity index is 2.58. The Bertz CT molecular complexity index is 458. The van der Waals surface area contributed by atoms with Crippen molar-refractivity contribution < 1.29 is 9.00 Å². The number of hydrogen-bond acceptors (Lipinski definition) is 3. The molecule has 5 heteroatoms. The summed E-state index contributed by atoms with van der Waals surface area (Å²) in [6.07, 6.45) is 0.248. The molecule has 0 fully saturated rings. The van der Waals surface area contributed by atoms with Crippen molar-refractivity contribution in [2.24, 2.45) is 0 Å². The summed E-state index contributed by atoms with van der Waals surface area (Å²) in [7, 11) is -1.22. The minimum absolute atomic E-state index is 0.0796. The van der Waals surface area contributed by atoms with Gasteiger partial charge in [0.05, 0.1) is 15.7 Å². The summed E-state index contributed by atoms with van der Waals surface area (Å²) in [5, 5.41) is 2.77. The van der Waals surface area contributed by atoms with E-state index in [-0.39, 0.29) is 18.4 Å². The number of anilines is 1. The summed E-state index contributed by atoms with van der Waals surface area (Å²) in [6.45, 7) is 5.72. The number of nitrogen functional groups attached to an aromatic ring is 1. The standard InChI is InChI=1S/C13H20N2O2S/c1-9(2)15-13(16)6-7-18(17)12-5-4-10(3)8-11(12)14/h4-5,8-9H,6-7,14H2,1-3H3,(H,15,16). The smallest absolute Gasteiger partial charge is 0.221 e. The second-order valence-corrected chi connectivity index (χ2v) is 6.10. The third-order valence-corrected chi connectivity index (χ3v) is 3.81. The van der Waals surface area contributed by atoms with Gasteiger partial charge < -0.3 is 11.1 Å². The van der Waals surface area contributed by atoms with Gasteiger partial charge in [0, 0.05) is 23.9 Å². The van der Waals surface area contributed by atoms with E-state index in [1.54, 1.807) is 12.1 Å². The largest absolute Gasteiger partial charge is 0.398 e. The lowest BCUT2D eigenvalue weighted by atomic mass is 10.2. The predicted molar refractivity (Wildman–Crippen MR) is 74.8 cm³/mol. The average Bonchev–Trinajstić information content (AvgIpc) is 2.25. The summed E-state index contributed by atoms with van der Waals surface area (Å²) in [6, 6.07) is 5.54. The lowest BCUT2D eigenvalue weighted by Gasteiger charge is -2.09. The Hall–Kier alpha value is -1.36. The van der Waals surface area contributed by atoms with E-state index >= 15 is 0 Å². The van der Waals surface area contributed by atoms with Crippen molar-refractivity contribution in [3.05, 3.63) is 23.8 Å². The van der Waals surface area contributed by atoms with Crippen molar-refractivity contribution in [3.8, 4) is 0 Å². The molecule has 0 radical (unpaired) electrons. The maximum atomic E-state index is 12.0. The molecular weight excluding hydrogens is 248 g/mol. The minimum atomic E-state index is -1.22. The van der Waals surface area contributed by atoms with Gasteiger partial charge in [-0.3, -0.25) is 9.00 Å². The Morgan fingerprint density at radius 2 is 2.11 bits per heavy atom. The van der Waals surface area contributed by atoms with E-state index in [4.69, 9.17) is 5.73 Å². The lowest BCUT2D eigenvalue weighted by Crippen LogP contribution is -2.30. The summed E-state index contributed by atoms with van der Waals surface area (Å²) in [5.74, 6) is 0.218. The Labute approximate surface area is 110 Å². The van der Waals surface area contributed by atoms with E-state index < -0.39 is 10.8 Å². The van der Waals surface area contributed by atoms with Gasteiger partial charge in [0.1, 0.15) is 0 Å². The molecule has 100 valence electrons. The zero-order valence-electron chi connectivity index (χ0n) is 11.0. The average molecular weight is 268 g/mol. The Morgan fingerprint density at radius 1 is 1.44 bits per heavy atom. The third kappa shape index (κ3) is 4.49. The van der Waals surface area contributed by atoms with Gasteiger partial charge in [0.2, 0.25) is 5.91 Å². The number of nitrogens with one attached hydrogen (secondary N) is 1. The second kappa shape index (κ2) is 6.54. The number of amides is 1. The monoisotopic (exact) mass is 268 g/mol. The molecule has 0 bridgehead atoms. The summed E-state index contributed by atoms with van der Waals surface area (Å²) >= 11 is 0. The molecule has 1 rings (SSSR count). The lowest BCUT2D eigenvalue weighted by molar-refractivity contribution is -0.121. The molecule has 18 heavy (non-hydrogen) atoms. The van der Waals surface area contributed by atoms with Gasteiger partial charge in [-0.2, -0.15) is 0 Å². The molecule has 0 aliphatic heterocycles. The van der Waals surface area contributed by atoms with Gasteiger partial charge in [0.15, 0.2) is 0 Å². The summed E-state index contributed by atoms with van der Waals surface area (Å²) in [5.41, 5.74) is 7.37. The van der Waals surface area contributed by atoms with E-state index in [2.05, 4.69) is 5.32 Å². The van der Waals surface area contributed by atoms with E-state index in [1.807, 2.05) is 26.8 Å². The summed E-state index contributed by atoms with van der Waals surface area (Å²) < 4.78 is 12.0. The predicted octanol–water partition coefficient (Wildman–Crippen LogP) is 1.60. The third-order valence-electron chi connectivity index (χ3n) is 2.37. The van der Waals surface area contributed by atoms with Gasteiger partial charge >= 0.3 is 0 Å². The molecular formula is C13H20N2O2S. The van der Waals surface area contributed by atoms with Crippen LogP contribution < -0.4 is 11.1 Å². The van der Waals surface area contributed by atoms with Crippen LogP contribution in [0.2, 0.25) is 0 Å². The van der Waals surface area contributed by atoms with Crippen LogP contribution in [0.15, 0.2) is 23.1 Å². The zero-order chi connectivity index (χ0) is 13.7. The SMILES string of the molecule is Cc1ccc(S(=O)CCC(=O)NC(C)C)c(N)c1. The molecule has 0 aliphatic carbocycles. The fraction of sp³-hybridized carbons (Fsp3) is 0.462. The highest BCUT2D eigenvalue weighted by atomic mass is 32.2. The van der Waals surface area contributed by atoms with Crippen LogP contribution in [0.1, 0.15) is 25.8 Å². The zero-order valence-corrected chi connectivity index (χ0v) is 11.8. The van der Waals surface area contributed by atoms with Crippen LogP contribution >= 0.6 is 0 Å². The highest BCUT2D eigenvalue weighted by Crippen LogP contribution is 2.18. The van der Waals surface area contributed by atoms with Crippen molar-refractivity contribution in [1.29, 1.82) is 0 Å². The Kier molecular flexibility index (Phi) is 5.34. The van der Waals surface area contributed by atoms with Crippen molar-refractivity contribution in [2.75, 3.05) is 11.5 Å². The highest BCUT2D eigenvalue weighted by Gasteiger charge is 2.11. The molecule has 0 heterocycles. The molecule has 1 amide bonds. The van der Waals surface area contributed by atoms with E-state index in [9.17, 15) is 9.00 Å². The molecule has 1 aromatic rings. The number of hydrogen-bond donors (Lipinski definition) is 2. The number of carbonyl (C=O) groups is 1. The van der Waals surface area contributed by atoms with Gasteiger partial charge in [-0.15, -0.1) is 0 Å². The second-order valence-electron chi connectivity index (χ2n) is 4.56. The minimum Gasteiger partial charge on any atom is -0.398 e. The Morgan fingerprint density at radius 3 is 2.67 bits per heavy atom. The molecule has 1 unspecified atom stereocenters. The molecule has 1 atom stereocenters. The van der Waals surface area contributed by atoms with Gasteiger partial charge in [-0.1, -0.05) is 6.07 Å². The van der Waals surface area contributed by atoms with Crippen LogP contribution in [0, 0.1) is 6.92 Å². The van der Waals surface area contributed by atoms with Gasteiger partial charge in [-0.25, -0.2) is 0 Å². The number of carbonyl (C=O) groups excluding carboxylic acids is 1. The summed E-state index contributed by atoms with van der Waals surface area (Å²) in [4.78, 5) is 12.1. The topological polar surface area (TPSA) is 72.2 Å². The van der Waals surface area contributed by atoms with Crippen molar-refractivity contribution in [1.82, 2.24) is 5.32 Å². The fourth-order valence-corrected chi connectivity index (χ4v) is 2.70. The van der Waals surface area contributed by atoms with Gasteiger partial charge in [-0.05, 0) is 38.5 Å². The molecule has 4 nitrogen and oxygen atoms in total. The number of rotatable bonds is 5. The number of aryl methyl sites for hydroxylation is 1. The van der Waals surface area contributed by atoms with Crippen LogP contribution in [0.5, 0.6) is 0 Å². The van der Waals surface area contributed by atoms with Crippen LogP contribution in [-0.4, -0.2) is 21.9 Å². The first-order valence-electron chi connectivity index (χ1n) is 5.94. The van der Waals surface area contributed by atoms with E-state index in [0.717, 1.165) is 5.56 Å². The molecule has 0 aromatic heterocycles. The van der Waals surface area contributed by atoms with Crippen LogP contribution in [0.25, 0.3) is 0 Å².